The predicted molar refractivity (Wildman–Crippen MR) is 135 cm³/mol. The molecule has 0 saturated carbocycles. The van der Waals surface area contributed by atoms with Crippen LogP contribution in [-0.4, -0.2) is 32.8 Å². The summed E-state index contributed by atoms with van der Waals surface area (Å²) in [6, 6.07) is 19.6. The van der Waals surface area contributed by atoms with Crippen molar-refractivity contribution in [3.8, 4) is 11.5 Å². The third-order valence-electron chi connectivity index (χ3n) is 5.36. The fraction of sp³-hybridized carbons (Fsp3) is 0.269. The smallest absolute Gasteiger partial charge is 0.237 e. The van der Waals surface area contributed by atoms with Crippen molar-refractivity contribution in [2.75, 3.05) is 18.5 Å². The van der Waals surface area contributed by atoms with Crippen LogP contribution >= 0.6 is 11.8 Å². The Morgan fingerprint density at radius 3 is 2.35 bits per heavy atom. The maximum atomic E-state index is 13.0. The largest absolute Gasteiger partial charge is 0.490 e. The third-order valence-corrected chi connectivity index (χ3v) is 8.16. The first-order valence-electron chi connectivity index (χ1n) is 11.1. The van der Waals surface area contributed by atoms with Crippen molar-refractivity contribution in [1.82, 2.24) is 0 Å². The van der Waals surface area contributed by atoms with E-state index in [1.807, 2.05) is 38.1 Å². The summed E-state index contributed by atoms with van der Waals surface area (Å²) < 4.78 is 37.1. The van der Waals surface area contributed by atoms with Gasteiger partial charge in [-0.3, -0.25) is 4.79 Å². The van der Waals surface area contributed by atoms with Gasteiger partial charge in [-0.1, -0.05) is 29.8 Å². The number of hydrogen-bond donors (Lipinski definition) is 1. The van der Waals surface area contributed by atoms with E-state index in [4.69, 9.17) is 9.47 Å². The van der Waals surface area contributed by atoms with E-state index in [0.717, 1.165) is 11.3 Å². The number of benzene rings is 3. The first-order chi connectivity index (χ1) is 16.3. The number of fused-ring (bicyclic) bond motifs is 1. The Kier molecular flexibility index (Phi) is 7.48. The van der Waals surface area contributed by atoms with Gasteiger partial charge >= 0.3 is 0 Å². The second-order valence-electron chi connectivity index (χ2n) is 8.18. The van der Waals surface area contributed by atoms with Gasteiger partial charge in [-0.05, 0) is 55.8 Å². The van der Waals surface area contributed by atoms with E-state index in [9.17, 15) is 13.2 Å². The fourth-order valence-electron chi connectivity index (χ4n) is 3.44. The summed E-state index contributed by atoms with van der Waals surface area (Å²) in [5.41, 5.74) is 2.43. The van der Waals surface area contributed by atoms with Crippen LogP contribution < -0.4 is 14.8 Å². The van der Waals surface area contributed by atoms with E-state index in [1.54, 1.807) is 36.4 Å². The van der Waals surface area contributed by atoms with Crippen molar-refractivity contribution in [2.24, 2.45) is 0 Å². The minimum absolute atomic E-state index is 0.113. The molecule has 3 aromatic rings. The van der Waals surface area contributed by atoms with Crippen molar-refractivity contribution in [3.63, 3.8) is 0 Å². The number of ether oxygens (including phenoxy) is 2. The van der Waals surface area contributed by atoms with Crippen molar-refractivity contribution < 1.29 is 22.7 Å². The number of nitrogens with one attached hydrogen (secondary N) is 1. The maximum absolute atomic E-state index is 13.0. The highest BCUT2D eigenvalue weighted by atomic mass is 32.2. The zero-order valence-electron chi connectivity index (χ0n) is 19.1. The summed E-state index contributed by atoms with van der Waals surface area (Å²) in [5.74, 6) is 0.749. The molecule has 0 fully saturated rings. The molecule has 178 valence electrons. The van der Waals surface area contributed by atoms with Gasteiger partial charge in [0.05, 0.1) is 29.1 Å². The van der Waals surface area contributed by atoms with Crippen molar-refractivity contribution >= 4 is 33.2 Å². The van der Waals surface area contributed by atoms with Crippen molar-refractivity contribution in [2.45, 2.75) is 41.1 Å². The second kappa shape index (κ2) is 10.5. The van der Waals surface area contributed by atoms with Crippen LogP contribution in [0.2, 0.25) is 0 Å². The van der Waals surface area contributed by atoms with Crippen LogP contribution in [0.4, 0.5) is 5.69 Å². The molecule has 34 heavy (non-hydrogen) atoms. The van der Waals surface area contributed by atoms with Crippen LogP contribution in [0.25, 0.3) is 0 Å². The quantitative estimate of drug-likeness (QED) is 0.449. The van der Waals surface area contributed by atoms with Crippen LogP contribution in [0.15, 0.2) is 76.5 Å². The molecule has 0 saturated heterocycles. The number of hydrogen-bond acceptors (Lipinski definition) is 6. The molecule has 0 radical (unpaired) electrons. The highest BCUT2D eigenvalue weighted by Gasteiger charge is 2.20. The lowest BCUT2D eigenvalue weighted by Gasteiger charge is -2.13. The lowest BCUT2D eigenvalue weighted by molar-refractivity contribution is -0.115. The molecule has 0 aliphatic carbocycles. The molecule has 6 nitrogen and oxygen atoms in total. The fourth-order valence-corrected chi connectivity index (χ4v) is 5.67. The van der Waals surface area contributed by atoms with E-state index >= 15 is 0 Å². The number of aryl methyl sites for hydroxylation is 1. The first kappa shape index (κ1) is 24.2. The SMILES string of the molecule is Cc1ccc(SC(C)C(=O)Nc2ccc(CS(=O)(=O)c3ccc4c(c3)OCCCO4)cc2)cc1. The molecular formula is C26H27NO5S2. The van der Waals surface area contributed by atoms with Crippen molar-refractivity contribution in [3.05, 3.63) is 77.9 Å². The molecule has 1 unspecified atom stereocenters. The van der Waals surface area contributed by atoms with E-state index in [0.29, 0.717) is 36.0 Å². The van der Waals surface area contributed by atoms with Gasteiger partial charge in [0.15, 0.2) is 21.3 Å². The average molecular weight is 498 g/mol. The highest BCUT2D eigenvalue weighted by Crippen LogP contribution is 2.33. The van der Waals surface area contributed by atoms with Crippen molar-refractivity contribution in [1.29, 1.82) is 0 Å². The lowest BCUT2D eigenvalue weighted by atomic mass is 10.2. The Labute approximate surface area is 204 Å². The Bertz CT molecular complexity index is 1260. The summed E-state index contributed by atoms with van der Waals surface area (Å²) >= 11 is 1.49. The summed E-state index contributed by atoms with van der Waals surface area (Å²) in [6.45, 7) is 4.92. The van der Waals surface area contributed by atoms with Gasteiger partial charge in [0.2, 0.25) is 5.91 Å². The topological polar surface area (TPSA) is 81.7 Å². The Morgan fingerprint density at radius 2 is 1.65 bits per heavy atom. The molecular weight excluding hydrogens is 470 g/mol. The molecule has 3 aromatic carbocycles. The first-order valence-corrected chi connectivity index (χ1v) is 13.6. The molecule has 8 heteroatoms. The summed E-state index contributed by atoms with van der Waals surface area (Å²) in [6.07, 6.45) is 0.753. The minimum atomic E-state index is -3.57. The van der Waals surface area contributed by atoms with Gasteiger partial charge in [0.25, 0.3) is 0 Å². The van der Waals surface area contributed by atoms with Gasteiger partial charge in [0, 0.05) is 23.1 Å². The number of thioether (sulfide) groups is 1. The Morgan fingerprint density at radius 1 is 0.971 bits per heavy atom. The Hall–Kier alpha value is -2.97. The normalized spacial score (nSPS) is 14.2. The van der Waals surface area contributed by atoms with E-state index in [1.165, 1.54) is 23.4 Å². The molecule has 1 heterocycles. The molecule has 1 N–H and O–H groups in total. The van der Waals surface area contributed by atoms with Gasteiger partial charge in [0.1, 0.15) is 0 Å². The average Bonchev–Trinajstić information content (AvgIpc) is 3.06. The molecule has 0 bridgehead atoms. The summed E-state index contributed by atoms with van der Waals surface area (Å²) in [4.78, 5) is 13.8. The zero-order chi connectivity index (χ0) is 24.1. The molecule has 0 spiro atoms. The van der Waals surface area contributed by atoms with Gasteiger partial charge in [-0.2, -0.15) is 0 Å². The van der Waals surface area contributed by atoms with Crippen LogP contribution in [0.3, 0.4) is 0 Å². The third kappa shape index (κ3) is 6.12. The van der Waals surface area contributed by atoms with E-state index in [-0.39, 0.29) is 21.8 Å². The molecule has 1 amide bonds. The highest BCUT2D eigenvalue weighted by molar-refractivity contribution is 8.00. The van der Waals surface area contributed by atoms with Gasteiger partial charge in [-0.15, -0.1) is 11.8 Å². The second-order valence-corrected chi connectivity index (χ2v) is 11.6. The number of amides is 1. The summed E-state index contributed by atoms with van der Waals surface area (Å²) in [5, 5.41) is 2.62. The molecule has 4 rings (SSSR count). The number of carbonyl (C=O) groups is 1. The predicted octanol–water partition coefficient (Wildman–Crippen LogP) is 5.25. The standard InChI is InChI=1S/C26H27NO5S2/c1-18-4-10-22(11-5-18)33-19(2)26(28)27-21-8-6-20(7-9-21)17-34(29,30)23-12-13-24-25(16-23)32-15-3-14-31-24/h4-13,16,19H,3,14-15,17H2,1-2H3,(H,27,28). The monoisotopic (exact) mass is 497 g/mol. The maximum Gasteiger partial charge on any atom is 0.237 e. The number of carbonyl (C=O) groups excluding carboxylic acids is 1. The number of rotatable bonds is 7. The van der Waals surface area contributed by atoms with Gasteiger partial charge < -0.3 is 14.8 Å². The van der Waals surface area contributed by atoms with Gasteiger partial charge in [-0.25, -0.2) is 8.42 Å². The van der Waals surface area contributed by atoms with E-state index < -0.39 is 9.84 Å². The lowest BCUT2D eigenvalue weighted by Crippen LogP contribution is -2.22. The van der Waals surface area contributed by atoms with Crippen LogP contribution in [-0.2, 0) is 20.4 Å². The van der Waals surface area contributed by atoms with Crippen LogP contribution in [0.5, 0.6) is 11.5 Å². The zero-order valence-corrected chi connectivity index (χ0v) is 20.7. The van der Waals surface area contributed by atoms with E-state index in [2.05, 4.69) is 5.32 Å². The molecule has 1 aliphatic rings. The Balaban J connectivity index is 1.38. The number of sulfone groups is 1. The molecule has 0 aromatic heterocycles. The summed E-state index contributed by atoms with van der Waals surface area (Å²) in [7, 11) is -3.57. The van der Waals surface area contributed by atoms with Crippen LogP contribution in [0, 0.1) is 6.92 Å². The molecule has 1 atom stereocenters. The number of anilines is 1. The minimum Gasteiger partial charge on any atom is -0.490 e. The van der Waals surface area contributed by atoms with Crippen LogP contribution in [0.1, 0.15) is 24.5 Å². The molecule has 1 aliphatic heterocycles.